The lowest BCUT2D eigenvalue weighted by Crippen LogP contribution is -2.04. The molecule has 1 aromatic carbocycles. The number of aliphatic hydroxyl groups is 1. The summed E-state index contributed by atoms with van der Waals surface area (Å²) in [5, 5.41) is 11.8. The molecule has 3 nitrogen and oxygen atoms in total. The van der Waals surface area contributed by atoms with Crippen LogP contribution in [0.5, 0.6) is 0 Å². The van der Waals surface area contributed by atoms with Crippen LogP contribution < -0.4 is 11.1 Å². The van der Waals surface area contributed by atoms with Gasteiger partial charge in [0.2, 0.25) is 0 Å². The highest BCUT2D eigenvalue weighted by atomic mass is 16.2. The van der Waals surface area contributed by atoms with E-state index in [-0.39, 0.29) is 6.61 Å². The Kier molecular flexibility index (Phi) is 4.12. The summed E-state index contributed by atoms with van der Waals surface area (Å²) in [4.78, 5) is 0. The van der Waals surface area contributed by atoms with E-state index in [1.54, 1.807) is 0 Å². The zero-order valence-corrected chi connectivity index (χ0v) is 7.66. The second-order valence-electron chi connectivity index (χ2n) is 2.94. The van der Waals surface area contributed by atoms with Gasteiger partial charge in [-0.1, -0.05) is 12.1 Å². The van der Waals surface area contributed by atoms with E-state index in [0.29, 0.717) is 0 Å². The normalized spacial score (nSPS) is 9.92. The number of nitrogens with one attached hydrogen (secondary N) is 1. The average Bonchev–Trinajstić information content (AvgIpc) is 2.15. The Hall–Kier alpha value is -1.22. The number of benzene rings is 1. The second kappa shape index (κ2) is 5.43. The first kappa shape index (κ1) is 9.86. The van der Waals surface area contributed by atoms with Gasteiger partial charge in [-0.2, -0.15) is 0 Å². The van der Waals surface area contributed by atoms with Crippen molar-refractivity contribution in [2.24, 2.45) is 0 Å². The van der Waals surface area contributed by atoms with Crippen molar-refractivity contribution in [3.8, 4) is 0 Å². The topological polar surface area (TPSA) is 58.3 Å². The van der Waals surface area contributed by atoms with Crippen LogP contribution in [0.25, 0.3) is 0 Å². The molecule has 0 heterocycles. The average molecular weight is 180 g/mol. The van der Waals surface area contributed by atoms with Crippen LogP contribution in [0.4, 0.5) is 11.4 Å². The molecule has 0 aliphatic heterocycles. The Labute approximate surface area is 78.6 Å². The molecule has 0 bridgehead atoms. The van der Waals surface area contributed by atoms with Crippen LogP contribution in [0.2, 0.25) is 0 Å². The molecule has 0 fully saturated rings. The van der Waals surface area contributed by atoms with Crippen molar-refractivity contribution in [3.63, 3.8) is 0 Å². The lowest BCUT2D eigenvalue weighted by molar-refractivity contribution is 0.286. The van der Waals surface area contributed by atoms with Gasteiger partial charge in [-0.25, -0.2) is 0 Å². The van der Waals surface area contributed by atoms with Gasteiger partial charge in [0.15, 0.2) is 0 Å². The minimum atomic E-state index is 0.256. The third-order valence-electron chi connectivity index (χ3n) is 1.86. The first-order valence-electron chi connectivity index (χ1n) is 4.54. The molecule has 0 spiro atoms. The number of aliphatic hydroxyl groups excluding tert-OH is 1. The number of unbranched alkanes of at least 4 members (excludes halogenated alkanes) is 1. The lowest BCUT2D eigenvalue weighted by Gasteiger charge is -2.07. The van der Waals surface area contributed by atoms with Crippen molar-refractivity contribution in [1.29, 1.82) is 0 Å². The summed E-state index contributed by atoms with van der Waals surface area (Å²) in [5.74, 6) is 0. The third kappa shape index (κ3) is 3.34. The number of para-hydroxylation sites is 2. The van der Waals surface area contributed by atoms with Gasteiger partial charge in [0.05, 0.1) is 11.4 Å². The summed E-state index contributed by atoms with van der Waals surface area (Å²) >= 11 is 0. The van der Waals surface area contributed by atoms with Crippen LogP contribution in [0.1, 0.15) is 12.8 Å². The molecule has 0 unspecified atom stereocenters. The summed E-state index contributed by atoms with van der Waals surface area (Å²) < 4.78 is 0. The molecule has 3 heteroatoms. The highest BCUT2D eigenvalue weighted by Gasteiger charge is 1.94. The summed E-state index contributed by atoms with van der Waals surface area (Å²) in [6.07, 6.45) is 1.80. The summed E-state index contributed by atoms with van der Waals surface area (Å²) in [6, 6.07) is 7.68. The SMILES string of the molecule is Nc1ccccc1NCCCCO. The number of hydrogen-bond donors (Lipinski definition) is 3. The lowest BCUT2D eigenvalue weighted by atomic mass is 10.2. The van der Waals surface area contributed by atoms with E-state index in [1.165, 1.54) is 0 Å². The van der Waals surface area contributed by atoms with E-state index in [0.717, 1.165) is 30.8 Å². The predicted molar refractivity (Wildman–Crippen MR) is 55.7 cm³/mol. The summed E-state index contributed by atoms with van der Waals surface area (Å²) in [5.41, 5.74) is 7.47. The van der Waals surface area contributed by atoms with E-state index in [4.69, 9.17) is 10.8 Å². The molecule has 0 aliphatic rings. The smallest absolute Gasteiger partial charge is 0.0573 e. The Morgan fingerprint density at radius 3 is 2.69 bits per heavy atom. The molecule has 13 heavy (non-hydrogen) atoms. The van der Waals surface area contributed by atoms with E-state index < -0.39 is 0 Å². The van der Waals surface area contributed by atoms with Crippen molar-refractivity contribution in [1.82, 2.24) is 0 Å². The molecule has 72 valence electrons. The predicted octanol–water partition coefficient (Wildman–Crippen LogP) is 1.45. The molecule has 0 saturated carbocycles. The maximum atomic E-state index is 8.57. The highest BCUT2D eigenvalue weighted by Crippen LogP contribution is 2.16. The Bertz CT molecular complexity index is 250. The van der Waals surface area contributed by atoms with Gasteiger partial charge in [-0.05, 0) is 25.0 Å². The molecule has 0 aliphatic carbocycles. The third-order valence-corrected chi connectivity index (χ3v) is 1.86. The molecule has 0 atom stereocenters. The maximum Gasteiger partial charge on any atom is 0.0573 e. The standard InChI is InChI=1S/C10H16N2O/c11-9-5-1-2-6-10(9)12-7-3-4-8-13/h1-2,5-6,12-13H,3-4,7-8,11H2. The fourth-order valence-electron chi connectivity index (χ4n) is 1.12. The first-order chi connectivity index (χ1) is 6.34. The van der Waals surface area contributed by atoms with Crippen molar-refractivity contribution in [2.75, 3.05) is 24.2 Å². The van der Waals surface area contributed by atoms with Gasteiger partial charge in [0.25, 0.3) is 0 Å². The molecule has 1 aromatic rings. The van der Waals surface area contributed by atoms with Crippen molar-refractivity contribution >= 4 is 11.4 Å². The fraction of sp³-hybridized carbons (Fsp3) is 0.400. The molecule has 0 saturated heterocycles. The van der Waals surface area contributed by atoms with E-state index in [2.05, 4.69) is 5.32 Å². The minimum absolute atomic E-state index is 0.256. The zero-order chi connectivity index (χ0) is 9.52. The largest absolute Gasteiger partial charge is 0.397 e. The number of hydrogen-bond acceptors (Lipinski definition) is 3. The van der Waals surface area contributed by atoms with Crippen molar-refractivity contribution in [3.05, 3.63) is 24.3 Å². The van der Waals surface area contributed by atoms with Gasteiger partial charge >= 0.3 is 0 Å². The van der Waals surface area contributed by atoms with Crippen LogP contribution >= 0.6 is 0 Å². The monoisotopic (exact) mass is 180 g/mol. The van der Waals surface area contributed by atoms with Gasteiger partial charge in [-0.15, -0.1) is 0 Å². The molecule has 0 radical (unpaired) electrons. The number of nitrogen functional groups attached to an aromatic ring is 1. The Morgan fingerprint density at radius 2 is 2.00 bits per heavy atom. The number of rotatable bonds is 5. The van der Waals surface area contributed by atoms with Crippen LogP contribution in [-0.2, 0) is 0 Å². The van der Waals surface area contributed by atoms with Gasteiger partial charge in [0, 0.05) is 13.2 Å². The Balaban J connectivity index is 2.32. The van der Waals surface area contributed by atoms with Crippen LogP contribution in [-0.4, -0.2) is 18.3 Å². The fourth-order valence-corrected chi connectivity index (χ4v) is 1.12. The zero-order valence-electron chi connectivity index (χ0n) is 7.66. The van der Waals surface area contributed by atoms with Gasteiger partial charge < -0.3 is 16.2 Å². The molecule has 0 amide bonds. The van der Waals surface area contributed by atoms with E-state index in [1.807, 2.05) is 24.3 Å². The second-order valence-corrected chi connectivity index (χ2v) is 2.94. The van der Waals surface area contributed by atoms with Crippen LogP contribution in [0.15, 0.2) is 24.3 Å². The number of nitrogens with two attached hydrogens (primary N) is 1. The maximum absolute atomic E-state index is 8.57. The summed E-state index contributed by atoms with van der Waals surface area (Å²) in [7, 11) is 0. The van der Waals surface area contributed by atoms with Gasteiger partial charge in [-0.3, -0.25) is 0 Å². The minimum Gasteiger partial charge on any atom is -0.397 e. The quantitative estimate of drug-likeness (QED) is 0.475. The highest BCUT2D eigenvalue weighted by molar-refractivity contribution is 5.65. The van der Waals surface area contributed by atoms with Crippen LogP contribution in [0.3, 0.4) is 0 Å². The van der Waals surface area contributed by atoms with Crippen molar-refractivity contribution in [2.45, 2.75) is 12.8 Å². The summed E-state index contributed by atoms with van der Waals surface area (Å²) in [6.45, 7) is 1.11. The van der Waals surface area contributed by atoms with Crippen molar-refractivity contribution < 1.29 is 5.11 Å². The molecule has 4 N–H and O–H groups in total. The first-order valence-corrected chi connectivity index (χ1v) is 4.54. The Morgan fingerprint density at radius 1 is 1.23 bits per heavy atom. The van der Waals surface area contributed by atoms with E-state index in [9.17, 15) is 0 Å². The molecule has 0 aromatic heterocycles. The van der Waals surface area contributed by atoms with Gasteiger partial charge in [0.1, 0.15) is 0 Å². The molecular weight excluding hydrogens is 164 g/mol. The number of anilines is 2. The molecule has 1 rings (SSSR count). The van der Waals surface area contributed by atoms with Crippen LogP contribution in [0, 0.1) is 0 Å². The van der Waals surface area contributed by atoms with E-state index >= 15 is 0 Å². The molecular formula is C10H16N2O.